The second-order valence-electron chi connectivity index (χ2n) is 10.0. The van der Waals surface area contributed by atoms with E-state index in [9.17, 15) is 14.7 Å². The number of thioether (sulfide) groups is 1. The van der Waals surface area contributed by atoms with Crippen LogP contribution in [0.4, 0.5) is 5.13 Å². The molecule has 214 valence electrons. The third kappa shape index (κ3) is 6.23. The third-order valence-electron chi connectivity index (χ3n) is 7.00. The molecule has 0 spiro atoms. The molecule has 9 heteroatoms. The first-order valence-corrected chi connectivity index (χ1v) is 15.4. The van der Waals surface area contributed by atoms with E-state index in [1.54, 1.807) is 18.2 Å². The SMILES string of the molecule is Cc1ccc(C(O)=C2C(=O)C(=O)N(c3nnc(SCc4ccccc4)s3)C2c2cccc(OCc3ccccc3)c2)cc1. The van der Waals surface area contributed by atoms with Gasteiger partial charge >= 0.3 is 5.91 Å². The lowest BCUT2D eigenvalue weighted by Crippen LogP contribution is -2.29. The minimum Gasteiger partial charge on any atom is -0.507 e. The highest BCUT2D eigenvalue weighted by molar-refractivity contribution is 8.00. The van der Waals surface area contributed by atoms with E-state index in [1.807, 2.05) is 97.9 Å². The molecule has 1 aliphatic rings. The summed E-state index contributed by atoms with van der Waals surface area (Å²) in [5.74, 6) is -0.549. The normalized spacial score (nSPS) is 16.0. The smallest absolute Gasteiger partial charge is 0.301 e. The van der Waals surface area contributed by atoms with Gasteiger partial charge in [-0.1, -0.05) is 126 Å². The Balaban J connectivity index is 1.37. The molecular formula is C34H27N3O4S2. The number of aromatic nitrogens is 2. The van der Waals surface area contributed by atoms with Gasteiger partial charge in [-0.25, -0.2) is 0 Å². The molecule has 0 bridgehead atoms. The Morgan fingerprint density at radius 1 is 0.884 bits per heavy atom. The number of aliphatic hydroxyl groups excluding tert-OH is 1. The van der Waals surface area contributed by atoms with Crippen molar-refractivity contribution >= 4 is 45.7 Å². The monoisotopic (exact) mass is 605 g/mol. The lowest BCUT2D eigenvalue weighted by atomic mass is 9.95. The Morgan fingerprint density at radius 2 is 1.58 bits per heavy atom. The van der Waals surface area contributed by atoms with Crippen LogP contribution in [0.1, 0.15) is 33.9 Å². The number of hydrogen-bond donors (Lipinski definition) is 1. The highest BCUT2D eigenvalue weighted by Gasteiger charge is 2.48. The number of benzene rings is 4. The standard InChI is InChI=1S/C34H27N3O4S2/c1-22-15-17-25(18-16-22)30(38)28-29(26-13-8-14-27(19-26)41-20-23-9-4-2-5-10-23)37(32(40)31(28)39)33-35-36-34(43-33)42-21-24-11-6-3-7-12-24/h2-19,29,38H,20-21H2,1H3. The fourth-order valence-electron chi connectivity index (χ4n) is 4.80. The predicted molar refractivity (Wildman–Crippen MR) is 169 cm³/mol. The number of carbonyl (C=O) groups excluding carboxylic acids is 2. The Labute approximate surface area is 257 Å². The summed E-state index contributed by atoms with van der Waals surface area (Å²) in [7, 11) is 0. The summed E-state index contributed by atoms with van der Waals surface area (Å²) in [4.78, 5) is 28.5. The average molecular weight is 606 g/mol. The van der Waals surface area contributed by atoms with Crippen LogP contribution in [-0.4, -0.2) is 27.0 Å². The van der Waals surface area contributed by atoms with Gasteiger partial charge < -0.3 is 9.84 Å². The molecule has 0 saturated carbocycles. The molecule has 7 nitrogen and oxygen atoms in total. The van der Waals surface area contributed by atoms with E-state index in [2.05, 4.69) is 10.2 Å². The first-order chi connectivity index (χ1) is 21.0. The van der Waals surface area contributed by atoms with Gasteiger partial charge in [0.05, 0.1) is 11.6 Å². The first kappa shape index (κ1) is 28.4. The Bertz CT molecular complexity index is 1790. The second kappa shape index (κ2) is 12.6. The molecule has 43 heavy (non-hydrogen) atoms. The number of carbonyl (C=O) groups is 2. The maximum atomic E-state index is 13.6. The summed E-state index contributed by atoms with van der Waals surface area (Å²) in [5, 5.41) is 20.3. The van der Waals surface area contributed by atoms with Crippen LogP contribution in [0.3, 0.4) is 0 Å². The van der Waals surface area contributed by atoms with Crippen LogP contribution in [0.2, 0.25) is 0 Å². The van der Waals surface area contributed by atoms with Crippen LogP contribution in [0.15, 0.2) is 119 Å². The maximum absolute atomic E-state index is 13.6. The molecule has 1 fully saturated rings. The zero-order valence-electron chi connectivity index (χ0n) is 23.2. The van der Waals surface area contributed by atoms with Crippen molar-refractivity contribution < 1.29 is 19.4 Å². The topological polar surface area (TPSA) is 92.6 Å². The van der Waals surface area contributed by atoms with Gasteiger partial charge in [-0.3, -0.25) is 14.5 Å². The maximum Gasteiger partial charge on any atom is 0.301 e. The molecular weight excluding hydrogens is 579 g/mol. The van der Waals surface area contributed by atoms with Crippen molar-refractivity contribution in [1.82, 2.24) is 10.2 Å². The van der Waals surface area contributed by atoms with Crippen molar-refractivity contribution in [3.8, 4) is 5.75 Å². The van der Waals surface area contributed by atoms with Crippen molar-refractivity contribution in [2.24, 2.45) is 0 Å². The summed E-state index contributed by atoms with van der Waals surface area (Å²) in [6, 6.07) is 33.2. The Hall–Kier alpha value is -4.73. The van der Waals surface area contributed by atoms with Crippen LogP contribution in [0, 0.1) is 6.92 Å². The molecule has 5 aromatic rings. The van der Waals surface area contributed by atoms with Crippen LogP contribution in [0.25, 0.3) is 5.76 Å². The number of hydrogen-bond acceptors (Lipinski definition) is 8. The van der Waals surface area contributed by atoms with Gasteiger partial charge in [-0.15, -0.1) is 10.2 Å². The molecule has 1 aliphatic heterocycles. The average Bonchev–Trinajstić information content (AvgIpc) is 3.62. The number of anilines is 1. The van der Waals surface area contributed by atoms with Crippen molar-refractivity contribution in [1.29, 1.82) is 0 Å². The molecule has 1 atom stereocenters. The van der Waals surface area contributed by atoms with Gasteiger partial charge in [0, 0.05) is 11.3 Å². The van der Waals surface area contributed by atoms with Crippen molar-refractivity contribution in [2.75, 3.05) is 4.90 Å². The summed E-state index contributed by atoms with van der Waals surface area (Å²) < 4.78 is 6.73. The number of amides is 1. The van der Waals surface area contributed by atoms with Crippen LogP contribution in [-0.2, 0) is 21.9 Å². The number of ether oxygens (including phenoxy) is 1. The molecule has 6 rings (SSSR count). The van der Waals surface area contributed by atoms with Crippen LogP contribution < -0.4 is 9.64 Å². The lowest BCUT2D eigenvalue weighted by Gasteiger charge is -2.23. The van der Waals surface area contributed by atoms with E-state index in [1.165, 1.54) is 28.0 Å². The number of rotatable bonds is 9. The van der Waals surface area contributed by atoms with Gasteiger partial charge in [-0.05, 0) is 35.7 Å². The molecule has 1 unspecified atom stereocenters. The highest BCUT2D eigenvalue weighted by atomic mass is 32.2. The van der Waals surface area contributed by atoms with Crippen molar-refractivity contribution in [2.45, 2.75) is 29.7 Å². The molecule has 1 N–H and O–H groups in total. The van der Waals surface area contributed by atoms with Gasteiger partial charge in [-0.2, -0.15) is 0 Å². The summed E-state index contributed by atoms with van der Waals surface area (Å²) in [6.45, 7) is 2.29. The molecule has 4 aromatic carbocycles. The highest BCUT2D eigenvalue weighted by Crippen LogP contribution is 2.44. The van der Waals surface area contributed by atoms with E-state index in [-0.39, 0.29) is 16.5 Å². The molecule has 2 heterocycles. The first-order valence-electron chi connectivity index (χ1n) is 13.6. The van der Waals surface area contributed by atoms with E-state index in [0.29, 0.717) is 33.6 Å². The van der Waals surface area contributed by atoms with E-state index >= 15 is 0 Å². The van der Waals surface area contributed by atoms with Crippen LogP contribution in [0.5, 0.6) is 5.75 Å². The molecule has 0 radical (unpaired) electrons. The zero-order chi connectivity index (χ0) is 29.8. The number of nitrogens with zero attached hydrogens (tertiary/aromatic N) is 3. The molecule has 0 aliphatic carbocycles. The fraction of sp³-hybridized carbons (Fsp3) is 0.118. The van der Waals surface area contributed by atoms with Crippen LogP contribution >= 0.6 is 23.1 Å². The van der Waals surface area contributed by atoms with Crippen molar-refractivity contribution in [3.63, 3.8) is 0 Å². The van der Waals surface area contributed by atoms with Gasteiger partial charge in [0.15, 0.2) is 4.34 Å². The minimum absolute atomic E-state index is 0.0113. The Kier molecular flexibility index (Phi) is 8.35. The molecule has 1 amide bonds. The summed E-state index contributed by atoms with van der Waals surface area (Å²) in [6.07, 6.45) is 0. The Morgan fingerprint density at radius 3 is 2.30 bits per heavy atom. The number of aryl methyl sites for hydroxylation is 1. The molecule has 1 saturated heterocycles. The van der Waals surface area contributed by atoms with Gasteiger partial charge in [0.25, 0.3) is 5.78 Å². The second-order valence-corrected chi connectivity index (χ2v) is 12.2. The van der Waals surface area contributed by atoms with E-state index in [4.69, 9.17) is 4.74 Å². The number of Topliss-reactive ketones (excluding diaryl/α,β-unsaturated/α-hetero) is 1. The predicted octanol–water partition coefficient (Wildman–Crippen LogP) is 7.34. The van der Waals surface area contributed by atoms with Gasteiger partial charge in [0.2, 0.25) is 5.13 Å². The number of aliphatic hydroxyl groups is 1. The molecule has 1 aromatic heterocycles. The number of ketones is 1. The lowest BCUT2D eigenvalue weighted by molar-refractivity contribution is -0.132. The summed E-state index contributed by atoms with van der Waals surface area (Å²) >= 11 is 2.74. The third-order valence-corrected chi connectivity index (χ3v) is 9.13. The largest absolute Gasteiger partial charge is 0.507 e. The van der Waals surface area contributed by atoms with E-state index < -0.39 is 17.7 Å². The summed E-state index contributed by atoms with van der Waals surface area (Å²) in [5.41, 5.74) is 4.19. The quantitative estimate of drug-likeness (QED) is 0.0618. The van der Waals surface area contributed by atoms with Crippen molar-refractivity contribution in [3.05, 3.63) is 143 Å². The van der Waals surface area contributed by atoms with Gasteiger partial charge in [0.1, 0.15) is 18.1 Å². The fourth-order valence-corrected chi connectivity index (χ4v) is 6.63. The zero-order valence-corrected chi connectivity index (χ0v) is 24.8. The minimum atomic E-state index is -0.929. The van der Waals surface area contributed by atoms with E-state index in [0.717, 1.165) is 16.7 Å².